The third-order valence-corrected chi connectivity index (χ3v) is 3.17. The molecule has 1 aliphatic rings. The largest absolute Gasteiger partial charge is 0.460 e. The van der Waals surface area contributed by atoms with E-state index in [1.165, 1.54) is 6.42 Å². The van der Waals surface area contributed by atoms with Crippen LogP contribution in [0.15, 0.2) is 30.3 Å². The summed E-state index contributed by atoms with van der Waals surface area (Å²) < 4.78 is 5.32. The topological polar surface area (TPSA) is 78.0 Å². The molecule has 1 saturated carbocycles. The summed E-state index contributed by atoms with van der Waals surface area (Å²) in [6.07, 6.45) is 4.13. The Morgan fingerprint density at radius 3 is 2.32 bits per heavy atom. The van der Waals surface area contributed by atoms with Gasteiger partial charge in [-0.25, -0.2) is 4.79 Å². The minimum atomic E-state index is -1.15. The van der Waals surface area contributed by atoms with E-state index in [4.69, 9.17) is 4.74 Å². The molecule has 1 aromatic carbocycles. The van der Waals surface area contributed by atoms with Crippen molar-refractivity contribution in [1.82, 2.24) is 0 Å². The Morgan fingerprint density at radius 2 is 1.74 bits per heavy atom. The number of rotatable bonds is 3. The van der Waals surface area contributed by atoms with Crippen molar-refractivity contribution in [3.63, 3.8) is 0 Å². The minimum absolute atomic E-state index is 0. The number of carbonyl (C=O) groups is 1. The molecule has 2 rings (SSSR count). The number of esters is 1. The molecule has 0 aliphatic heterocycles. The number of ether oxygens (including phenoxy) is 1. The van der Waals surface area contributed by atoms with Gasteiger partial charge in [-0.3, -0.25) is 0 Å². The first-order valence-corrected chi connectivity index (χ1v) is 6.21. The molecule has 0 amide bonds. The van der Waals surface area contributed by atoms with Crippen molar-refractivity contribution in [3.8, 4) is 0 Å². The van der Waals surface area contributed by atoms with Gasteiger partial charge in [-0.15, -0.1) is 12.4 Å². The molecule has 108 valence electrons. The predicted molar refractivity (Wildman–Crippen MR) is 75.2 cm³/mol. The van der Waals surface area contributed by atoms with Crippen LogP contribution in [0.2, 0.25) is 0 Å². The Kier molecular flexibility index (Phi) is 8.39. The first-order valence-electron chi connectivity index (χ1n) is 6.21. The highest BCUT2D eigenvalue weighted by molar-refractivity contribution is 5.85. The third kappa shape index (κ3) is 5.19. The zero-order valence-electron chi connectivity index (χ0n) is 10.7. The monoisotopic (exact) mass is 288 g/mol. The molecule has 0 aromatic heterocycles. The minimum Gasteiger partial charge on any atom is -0.460 e. The molecule has 19 heavy (non-hydrogen) atoms. The van der Waals surface area contributed by atoms with Gasteiger partial charge in [0.15, 0.2) is 6.10 Å². The Hall–Kier alpha value is -1.10. The lowest BCUT2D eigenvalue weighted by molar-refractivity contribution is -0.161. The van der Waals surface area contributed by atoms with Crippen LogP contribution >= 0.6 is 12.4 Å². The average Bonchev–Trinajstić information content (AvgIpc) is 2.40. The van der Waals surface area contributed by atoms with Gasteiger partial charge in [0.25, 0.3) is 0 Å². The number of hydrogen-bond acceptors (Lipinski definition) is 3. The van der Waals surface area contributed by atoms with E-state index in [1.807, 2.05) is 6.07 Å². The Morgan fingerprint density at radius 1 is 1.16 bits per heavy atom. The average molecular weight is 289 g/mol. The fraction of sp³-hybridized carbons (Fsp3) is 0.500. The smallest absolute Gasteiger partial charge is 0.339 e. The van der Waals surface area contributed by atoms with E-state index in [-0.39, 0.29) is 24.0 Å². The molecule has 1 fully saturated rings. The predicted octanol–water partition coefficient (Wildman–Crippen LogP) is 2.19. The number of benzene rings is 1. The van der Waals surface area contributed by atoms with Crippen molar-refractivity contribution in [3.05, 3.63) is 35.9 Å². The number of aliphatic hydroxyl groups excluding tert-OH is 1. The van der Waals surface area contributed by atoms with Gasteiger partial charge in [-0.05, 0) is 31.2 Å². The molecule has 1 atom stereocenters. The number of carbonyl (C=O) groups excluding carboxylic acids is 1. The maximum atomic E-state index is 11.7. The van der Waals surface area contributed by atoms with Crippen LogP contribution in [0.25, 0.3) is 0 Å². The third-order valence-electron chi connectivity index (χ3n) is 3.17. The van der Waals surface area contributed by atoms with Crippen LogP contribution in [-0.4, -0.2) is 22.7 Å². The van der Waals surface area contributed by atoms with Crippen molar-refractivity contribution in [2.45, 2.75) is 44.3 Å². The fourth-order valence-corrected chi connectivity index (χ4v) is 2.18. The second-order valence-electron chi connectivity index (χ2n) is 4.51. The maximum absolute atomic E-state index is 11.7. The summed E-state index contributed by atoms with van der Waals surface area (Å²) >= 11 is 0. The lowest BCUT2D eigenvalue weighted by Gasteiger charge is -2.23. The van der Waals surface area contributed by atoms with Crippen LogP contribution in [0.3, 0.4) is 0 Å². The highest BCUT2D eigenvalue weighted by Crippen LogP contribution is 2.23. The van der Waals surface area contributed by atoms with E-state index in [0.29, 0.717) is 5.56 Å². The summed E-state index contributed by atoms with van der Waals surface area (Å²) in [6, 6.07) is 8.90. The maximum Gasteiger partial charge on any atom is 0.339 e. The molecule has 3 N–H and O–H groups in total. The number of hydrogen-bond donors (Lipinski definition) is 1. The second kappa shape index (κ2) is 8.91. The summed E-state index contributed by atoms with van der Waals surface area (Å²) in [4.78, 5) is 11.7. The molecular formula is C14H21ClO4. The van der Waals surface area contributed by atoms with E-state index in [2.05, 4.69) is 0 Å². The first-order chi connectivity index (χ1) is 8.27. The Balaban J connectivity index is 0.00000162. The molecule has 0 radical (unpaired) electrons. The molecule has 0 heterocycles. The van der Waals surface area contributed by atoms with Crippen molar-refractivity contribution in [2.24, 2.45) is 0 Å². The quantitative estimate of drug-likeness (QED) is 0.866. The van der Waals surface area contributed by atoms with E-state index in [9.17, 15) is 9.90 Å². The summed E-state index contributed by atoms with van der Waals surface area (Å²) in [5, 5.41) is 9.85. The summed E-state index contributed by atoms with van der Waals surface area (Å²) in [5.41, 5.74) is 0.591. The van der Waals surface area contributed by atoms with Crippen LogP contribution in [0.5, 0.6) is 0 Å². The van der Waals surface area contributed by atoms with Crippen molar-refractivity contribution >= 4 is 18.4 Å². The SMILES string of the molecule is Cl.O.O=C(OC1CCCCC1)C(O)c1ccccc1. The fourth-order valence-electron chi connectivity index (χ4n) is 2.18. The Labute approximate surface area is 119 Å². The van der Waals surface area contributed by atoms with Crippen molar-refractivity contribution in [1.29, 1.82) is 0 Å². The summed E-state index contributed by atoms with van der Waals surface area (Å²) in [5.74, 6) is -0.525. The molecule has 1 aliphatic carbocycles. The van der Waals surface area contributed by atoms with Crippen LogP contribution in [0.4, 0.5) is 0 Å². The van der Waals surface area contributed by atoms with Gasteiger partial charge in [0.1, 0.15) is 6.10 Å². The van der Waals surface area contributed by atoms with Gasteiger partial charge in [-0.2, -0.15) is 0 Å². The molecule has 5 heteroatoms. The molecule has 0 bridgehead atoms. The lowest BCUT2D eigenvalue weighted by Crippen LogP contribution is -2.24. The molecular weight excluding hydrogens is 268 g/mol. The van der Waals surface area contributed by atoms with Gasteiger partial charge < -0.3 is 15.3 Å². The van der Waals surface area contributed by atoms with E-state index in [0.717, 1.165) is 25.7 Å². The zero-order valence-corrected chi connectivity index (χ0v) is 11.6. The highest BCUT2D eigenvalue weighted by Gasteiger charge is 2.23. The van der Waals surface area contributed by atoms with Crippen LogP contribution in [0, 0.1) is 0 Å². The van der Waals surface area contributed by atoms with Crippen LogP contribution in [-0.2, 0) is 9.53 Å². The van der Waals surface area contributed by atoms with Gasteiger partial charge in [0.05, 0.1) is 0 Å². The molecule has 4 nitrogen and oxygen atoms in total. The standard InChI is InChI=1S/C14H18O3.ClH.H2O/c15-13(11-7-3-1-4-8-11)14(16)17-12-9-5-2-6-10-12;;/h1,3-4,7-8,12-13,15H,2,5-6,9-10H2;1H;1H2. The molecule has 0 spiro atoms. The van der Waals surface area contributed by atoms with E-state index in [1.54, 1.807) is 24.3 Å². The first kappa shape index (κ1) is 17.9. The van der Waals surface area contributed by atoms with Crippen molar-refractivity contribution in [2.75, 3.05) is 0 Å². The van der Waals surface area contributed by atoms with E-state index < -0.39 is 12.1 Å². The molecule has 1 aromatic rings. The van der Waals surface area contributed by atoms with Gasteiger partial charge >= 0.3 is 5.97 Å². The van der Waals surface area contributed by atoms with Gasteiger partial charge in [0.2, 0.25) is 0 Å². The zero-order chi connectivity index (χ0) is 12.1. The summed E-state index contributed by atoms with van der Waals surface area (Å²) in [7, 11) is 0. The molecule has 0 saturated heterocycles. The summed E-state index contributed by atoms with van der Waals surface area (Å²) in [6.45, 7) is 0. The Bertz CT molecular complexity index is 363. The van der Waals surface area contributed by atoms with Gasteiger partial charge in [0, 0.05) is 0 Å². The molecule has 1 unspecified atom stereocenters. The van der Waals surface area contributed by atoms with Crippen molar-refractivity contribution < 1.29 is 20.1 Å². The number of aliphatic hydroxyl groups is 1. The van der Waals surface area contributed by atoms with Gasteiger partial charge in [-0.1, -0.05) is 36.8 Å². The van der Waals surface area contributed by atoms with Crippen LogP contribution < -0.4 is 0 Å². The normalized spacial score (nSPS) is 16.7. The lowest BCUT2D eigenvalue weighted by atomic mass is 9.98. The highest BCUT2D eigenvalue weighted by atomic mass is 35.5. The van der Waals surface area contributed by atoms with E-state index >= 15 is 0 Å². The number of halogens is 1. The van der Waals surface area contributed by atoms with Crippen LogP contribution in [0.1, 0.15) is 43.8 Å². The second-order valence-corrected chi connectivity index (χ2v) is 4.51.